The van der Waals surface area contributed by atoms with Crippen LogP contribution in [0.1, 0.15) is 35.2 Å². The summed E-state index contributed by atoms with van der Waals surface area (Å²) >= 11 is 0. The van der Waals surface area contributed by atoms with Gasteiger partial charge in [0.05, 0.1) is 25.3 Å². The molecule has 34 heavy (non-hydrogen) atoms. The van der Waals surface area contributed by atoms with Crippen molar-refractivity contribution >= 4 is 29.0 Å². The van der Waals surface area contributed by atoms with Crippen LogP contribution in [0.15, 0.2) is 54.7 Å². The number of nitrogens with zero attached hydrogens (tertiary/aromatic N) is 2. The van der Waals surface area contributed by atoms with Crippen molar-refractivity contribution in [3.63, 3.8) is 0 Å². The van der Waals surface area contributed by atoms with Gasteiger partial charge in [0.1, 0.15) is 23.8 Å². The number of pyridine rings is 1. The van der Waals surface area contributed by atoms with E-state index < -0.39 is 6.04 Å². The lowest BCUT2D eigenvalue weighted by molar-refractivity contribution is -0.125. The number of para-hydroxylation sites is 1. The minimum absolute atomic E-state index is 0.203. The fraction of sp³-hybridized carbons (Fsp3) is 0.308. The van der Waals surface area contributed by atoms with E-state index >= 15 is 0 Å². The number of carbonyl (C=O) groups excluding carboxylic acids is 3. The Bertz CT molecular complexity index is 1190. The van der Waals surface area contributed by atoms with Gasteiger partial charge in [-0.1, -0.05) is 18.2 Å². The highest BCUT2D eigenvalue weighted by molar-refractivity contribution is 6.01. The molecule has 0 bridgehead atoms. The zero-order valence-corrected chi connectivity index (χ0v) is 19.0. The number of rotatable bonds is 11. The van der Waals surface area contributed by atoms with E-state index in [1.165, 1.54) is 11.9 Å². The Kier molecular flexibility index (Phi) is 7.37. The minimum Gasteiger partial charge on any atom is -0.493 e. The first kappa shape index (κ1) is 23.2. The number of aldehydes is 1. The second-order valence-corrected chi connectivity index (χ2v) is 7.97. The number of amides is 2. The molecule has 1 aromatic heterocycles. The third-order valence-electron chi connectivity index (χ3n) is 5.85. The number of carbonyl (C=O) groups is 3. The lowest BCUT2D eigenvalue weighted by atomic mass is 10.1. The van der Waals surface area contributed by atoms with Crippen LogP contribution >= 0.6 is 0 Å². The molecule has 1 aliphatic rings. The largest absolute Gasteiger partial charge is 0.493 e. The Balaban J connectivity index is 1.37. The highest BCUT2D eigenvalue weighted by atomic mass is 16.5. The maximum Gasteiger partial charge on any atom is 0.255 e. The van der Waals surface area contributed by atoms with Crippen molar-refractivity contribution in [2.75, 3.05) is 20.3 Å². The second kappa shape index (κ2) is 10.8. The van der Waals surface area contributed by atoms with Crippen LogP contribution < -0.4 is 14.8 Å². The molecule has 3 aromatic rings. The predicted molar refractivity (Wildman–Crippen MR) is 127 cm³/mol. The van der Waals surface area contributed by atoms with Gasteiger partial charge in [0.15, 0.2) is 0 Å². The molecule has 8 nitrogen and oxygen atoms in total. The number of ether oxygens (including phenoxy) is 2. The van der Waals surface area contributed by atoms with Gasteiger partial charge >= 0.3 is 0 Å². The topological polar surface area (TPSA) is 97.8 Å². The Labute approximate surface area is 197 Å². The van der Waals surface area contributed by atoms with Crippen molar-refractivity contribution in [3.8, 4) is 11.5 Å². The van der Waals surface area contributed by atoms with E-state index in [2.05, 4.69) is 10.3 Å². The van der Waals surface area contributed by atoms with Gasteiger partial charge in [-0.15, -0.1) is 0 Å². The standard InChI is InChI=1S/C26H27N3O5/c1-27-25(31)22(10-5-14-30)29-17-20-18(26(29)32)8-4-11-23(20)33-15-6-16-34-24-12-13-28-21-9-3-2-7-19(21)24/h2-4,7-9,11-14,22H,5-6,10,15-17H2,1H3,(H,27,31). The molecule has 1 unspecified atom stereocenters. The van der Waals surface area contributed by atoms with Gasteiger partial charge in [-0.25, -0.2) is 0 Å². The van der Waals surface area contributed by atoms with Crippen LogP contribution in [0, 0.1) is 0 Å². The zero-order chi connectivity index (χ0) is 23.9. The molecule has 0 saturated carbocycles. The molecule has 4 rings (SSSR count). The van der Waals surface area contributed by atoms with Gasteiger partial charge in [0.25, 0.3) is 5.91 Å². The van der Waals surface area contributed by atoms with Gasteiger partial charge in [-0.3, -0.25) is 14.6 Å². The molecular formula is C26H27N3O5. The van der Waals surface area contributed by atoms with E-state index in [0.29, 0.717) is 30.9 Å². The maximum absolute atomic E-state index is 13.0. The summed E-state index contributed by atoms with van der Waals surface area (Å²) in [5.41, 5.74) is 2.17. The number of benzene rings is 2. The number of fused-ring (bicyclic) bond motifs is 2. The van der Waals surface area contributed by atoms with Crippen LogP contribution in [-0.2, 0) is 16.1 Å². The van der Waals surface area contributed by atoms with E-state index in [1.807, 2.05) is 36.4 Å². The molecule has 2 heterocycles. The van der Waals surface area contributed by atoms with Gasteiger partial charge < -0.3 is 24.5 Å². The summed E-state index contributed by atoms with van der Waals surface area (Å²) < 4.78 is 11.9. The van der Waals surface area contributed by atoms with E-state index in [1.54, 1.807) is 18.3 Å². The van der Waals surface area contributed by atoms with Crippen LogP contribution in [0.2, 0.25) is 0 Å². The van der Waals surface area contributed by atoms with Gasteiger partial charge in [-0.2, -0.15) is 0 Å². The third kappa shape index (κ3) is 4.85. The molecule has 0 aliphatic carbocycles. The van der Waals surface area contributed by atoms with E-state index in [4.69, 9.17) is 9.47 Å². The number of hydrogen-bond donors (Lipinski definition) is 1. The molecule has 0 radical (unpaired) electrons. The zero-order valence-electron chi connectivity index (χ0n) is 19.0. The van der Waals surface area contributed by atoms with E-state index in [-0.39, 0.29) is 31.2 Å². The van der Waals surface area contributed by atoms with Gasteiger partial charge in [-0.05, 0) is 36.8 Å². The quantitative estimate of drug-likeness (QED) is 0.348. The monoisotopic (exact) mass is 461 g/mol. The second-order valence-electron chi connectivity index (χ2n) is 7.97. The minimum atomic E-state index is -0.702. The lowest BCUT2D eigenvalue weighted by Gasteiger charge is -2.25. The average Bonchev–Trinajstić information content (AvgIpc) is 3.21. The summed E-state index contributed by atoms with van der Waals surface area (Å²) in [6, 6.07) is 14.3. The van der Waals surface area contributed by atoms with Crippen molar-refractivity contribution < 1.29 is 23.9 Å². The molecule has 176 valence electrons. The van der Waals surface area contributed by atoms with Crippen molar-refractivity contribution in [2.24, 2.45) is 0 Å². The third-order valence-corrected chi connectivity index (χ3v) is 5.85. The van der Waals surface area contributed by atoms with Crippen LogP contribution in [0.5, 0.6) is 11.5 Å². The number of likely N-dealkylation sites (N-methyl/N-ethyl adjacent to an activating group) is 1. The first-order valence-corrected chi connectivity index (χ1v) is 11.3. The molecule has 1 N–H and O–H groups in total. The molecular weight excluding hydrogens is 434 g/mol. The summed E-state index contributed by atoms with van der Waals surface area (Å²) in [6.07, 6.45) is 3.62. The Hall–Kier alpha value is -3.94. The fourth-order valence-corrected chi connectivity index (χ4v) is 4.15. The normalized spacial score (nSPS) is 13.4. The molecule has 0 saturated heterocycles. The summed E-state index contributed by atoms with van der Waals surface area (Å²) in [7, 11) is 1.52. The summed E-state index contributed by atoms with van der Waals surface area (Å²) in [4.78, 5) is 42.0. The summed E-state index contributed by atoms with van der Waals surface area (Å²) in [6.45, 7) is 1.15. The highest BCUT2D eigenvalue weighted by Crippen LogP contribution is 2.33. The van der Waals surface area contributed by atoms with Crippen LogP contribution in [0.3, 0.4) is 0 Å². The highest BCUT2D eigenvalue weighted by Gasteiger charge is 2.37. The molecule has 1 aliphatic heterocycles. The Morgan fingerprint density at radius 1 is 1.12 bits per heavy atom. The van der Waals surface area contributed by atoms with Gasteiger partial charge in [0, 0.05) is 42.6 Å². The fourth-order valence-electron chi connectivity index (χ4n) is 4.15. The molecule has 0 spiro atoms. The van der Waals surface area contributed by atoms with Crippen molar-refractivity contribution in [1.82, 2.24) is 15.2 Å². The van der Waals surface area contributed by atoms with Gasteiger partial charge in [0.2, 0.25) is 5.91 Å². The predicted octanol–water partition coefficient (Wildman–Crippen LogP) is 3.13. The molecule has 2 aromatic carbocycles. The van der Waals surface area contributed by atoms with Crippen LogP contribution in [0.4, 0.5) is 0 Å². The first-order chi connectivity index (χ1) is 16.6. The van der Waals surface area contributed by atoms with Crippen molar-refractivity contribution in [1.29, 1.82) is 0 Å². The summed E-state index contributed by atoms with van der Waals surface area (Å²) in [5, 5.41) is 3.55. The average molecular weight is 462 g/mol. The molecule has 2 amide bonds. The Morgan fingerprint density at radius 2 is 1.91 bits per heavy atom. The number of nitrogens with one attached hydrogen (secondary N) is 1. The molecule has 1 atom stereocenters. The number of aromatic nitrogens is 1. The Morgan fingerprint density at radius 3 is 2.71 bits per heavy atom. The molecule has 0 fully saturated rings. The molecule has 8 heteroatoms. The summed E-state index contributed by atoms with van der Waals surface area (Å²) in [5.74, 6) is 0.885. The van der Waals surface area contributed by atoms with Crippen LogP contribution in [-0.4, -0.2) is 54.3 Å². The van der Waals surface area contributed by atoms with E-state index in [0.717, 1.165) is 28.5 Å². The van der Waals surface area contributed by atoms with Crippen molar-refractivity contribution in [2.45, 2.75) is 31.8 Å². The smallest absolute Gasteiger partial charge is 0.255 e. The lowest BCUT2D eigenvalue weighted by Crippen LogP contribution is -2.46. The first-order valence-electron chi connectivity index (χ1n) is 11.3. The van der Waals surface area contributed by atoms with Crippen LogP contribution in [0.25, 0.3) is 10.9 Å². The van der Waals surface area contributed by atoms with Crippen molar-refractivity contribution in [3.05, 3.63) is 65.9 Å². The van der Waals surface area contributed by atoms with E-state index in [9.17, 15) is 14.4 Å². The SMILES string of the molecule is CNC(=O)C(CCC=O)N1Cc2c(OCCCOc3ccnc4ccccc34)cccc2C1=O. The maximum atomic E-state index is 13.0. The number of hydrogen-bond acceptors (Lipinski definition) is 6.